The summed E-state index contributed by atoms with van der Waals surface area (Å²) in [4.78, 5) is 10.8. The average Bonchev–Trinajstić information content (AvgIpc) is 2.25. The third kappa shape index (κ3) is 9.28. The highest BCUT2D eigenvalue weighted by Gasteiger charge is 2.27. The Morgan fingerprint density at radius 3 is 2.10 bits per heavy atom. The second kappa shape index (κ2) is 7.38. The fourth-order valence-corrected chi connectivity index (χ4v) is 1.76. The van der Waals surface area contributed by atoms with Crippen molar-refractivity contribution in [3.05, 3.63) is 0 Å². The second-order valence-corrected chi connectivity index (χ2v) is 7.28. The van der Waals surface area contributed by atoms with E-state index >= 15 is 0 Å². The molecule has 20 heavy (non-hydrogen) atoms. The van der Waals surface area contributed by atoms with Crippen molar-refractivity contribution in [3.63, 3.8) is 0 Å². The molecule has 0 fully saturated rings. The average molecular weight is 290 g/mol. The van der Waals surface area contributed by atoms with Gasteiger partial charge < -0.3 is 19.1 Å². The molecule has 0 spiro atoms. The van der Waals surface area contributed by atoms with Crippen LogP contribution in [0.5, 0.6) is 0 Å². The monoisotopic (exact) mass is 290 g/mol. The van der Waals surface area contributed by atoms with Gasteiger partial charge in [0.05, 0.1) is 38.4 Å². The van der Waals surface area contributed by atoms with Gasteiger partial charge in [0.25, 0.3) is 0 Å². The second-order valence-electron chi connectivity index (χ2n) is 7.28. The molecule has 0 aromatic rings. The minimum Gasteiger partial charge on any atom is -0.477 e. The number of aliphatic carboxylic acids is 1. The standard InChI is InChI=1S/C15H31NO4/c1-14(2,19-7)9-11-20-15(3,4)8-10-16(5,6)12-13(17)18/h8-12H2,1-7H3/p+1. The van der Waals surface area contributed by atoms with Crippen LogP contribution in [0.2, 0.25) is 0 Å². The summed E-state index contributed by atoms with van der Waals surface area (Å²) < 4.78 is 11.8. The van der Waals surface area contributed by atoms with Gasteiger partial charge in [-0.05, 0) is 34.1 Å². The Hall–Kier alpha value is -0.650. The van der Waals surface area contributed by atoms with E-state index in [0.29, 0.717) is 11.1 Å². The van der Waals surface area contributed by atoms with Gasteiger partial charge in [-0.15, -0.1) is 0 Å². The maximum atomic E-state index is 10.8. The predicted octanol–water partition coefficient (Wildman–Crippen LogP) is 2.15. The molecule has 0 aromatic carbocycles. The predicted molar refractivity (Wildman–Crippen MR) is 79.8 cm³/mol. The van der Waals surface area contributed by atoms with Crippen molar-refractivity contribution in [2.75, 3.05) is 40.9 Å². The molecule has 0 unspecified atom stereocenters. The van der Waals surface area contributed by atoms with Crippen molar-refractivity contribution < 1.29 is 23.9 Å². The summed E-state index contributed by atoms with van der Waals surface area (Å²) in [6.45, 7) is 9.72. The zero-order chi connectivity index (χ0) is 16.0. The molecule has 0 aliphatic rings. The van der Waals surface area contributed by atoms with Crippen LogP contribution in [0.4, 0.5) is 0 Å². The van der Waals surface area contributed by atoms with Crippen LogP contribution in [-0.4, -0.2) is 67.7 Å². The van der Waals surface area contributed by atoms with E-state index in [1.807, 2.05) is 41.8 Å². The number of carboxylic acids is 1. The van der Waals surface area contributed by atoms with Crippen molar-refractivity contribution in [2.45, 2.75) is 51.7 Å². The molecule has 0 bridgehead atoms. The van der Waals surface area contributed by atoms with Crippen molar-refractivity contribution in [1.82, 2.24) is 0 Å². The molecule has 0 aliphatic heterocycles. The number of methoxy groups -OCH3 is 1. The molecular weight excluding hydrogens is 258 g/mol. The third-order valence-corrected chi connectivity index (χ3v) is 3.63. The summed E-state index contributed by atoms with van der Waals surface area (Å²) in [5.74, 6) is -0.768. The molecule has 0 aromatic heterocycles. The molecular formula is C15H32NO4+. The number of carboxylic acid groups (broad SMARTS) is 1. The molecule has 0 radical (unpaired) electrons. The molecule has 5 heteroatoms. The van der Waals surface area contributed by atoms with Gasteiger partial charge >= 0.3 is 5.97 Å². The van der Waals surface area contributed by atoms with Gasteiger partial charge in [0.15, 0.2) is 6.54 Å². The normalized spacial score (nSPS) is 13.6. The summed E-state index contributed by atoms with van der Waals surface area (Å²) in [6.07, 6.45) is 1.65. The molecule has 120 valence electrons. The first-order valence-corrected chi connectivity index (χ1v) is 7.12. The molecule has 0 saturated carbocycles. The smallest absolute Gasteiger partial charge is 0.359 e. The minimum atomic E-state index is -0.768. The number of likely N-dealkylation sites (N-methyl/N-ethyl adjacent to an activating group) is 1. The summed E-state index contributed by atoms with van der Waals surface area (Å²) in [6, 6.07) is 0. The molecule has 0 heterocycles. The van der Waals surface area contributed by atoms with E-state index in [1.54, 1.807) is 7.11 Å². The van der Waals surface area contributed by atoms with Crippen LogP contribution in [0, 0.1) is 0 Å². The third-order valence-electron chi connectivity index (χ3n) is 3.63. The highest BCUT2D eigenvalue weighted by molar-refractivity contribution is 5.67. The number of quaternary nitrogens is 1. The van der Waals surface area contributed by atoms with Crippen LogP contribution >= 0.6 is 0 Å². The minimum absolute atomic E-state index is 0.132. The molecule has 0 aliphatic carbocycles. The molecule has 5 nitrogen and oxygen atoms in total. The van der Waals surface area contributed by atoms with Gasteiger partial charge in [0, 0.05) is 13.5 Å². The first kappa shape index (κ1) is 19.4. The van der Waals surface area contributed by atoms with E-state index in [1.165, 1.54) is 0 Å². The van der Waals surface area contributed by atoms with E-state index in [4.69, 9.17) is 14.6 Å². The quantitative estimate of drug-likeness (QED) is 0.626. The zero-order valence-electron chi connectivity index (χ0n) is 14.2. The van der Waals surface area contributed by atoms with Crippen molar-refractivity contribution in [1.29, 1.82) is 0 Å². The number of hydrogen-bond donors (Lipinski definition) is 1. The Morgan fingerprint density at radius 1 is 1.10 bits per heavy atom. The maximum absolute atomic E-state index is 10.8. The number of carbonyl (C=O) groups is 1. The lowest BCUT2D eigenvalue weighted by Crippen LogP contribution is -2.47. The largest absolute Gasteiger partial charge is 0.477 e. The van der Waals surface area contributed by atoms with Crippen molar-refractivity contribution in [3.8, 4) is 0 Å². The van der Waals surface area contributed by atoms with E-state index in [-0.39, 0.29) is 17.7 Å². The summed E-state index contributed by atoms with van der Waals surface area (Å²) in [7, 11) is 5.56. The number of hydrogen-bond acceptors (Lipinski definition) is 3. The van der Waals surface area contributed by atoms with Crippen LogP contribution in [0.25, 0.3) is 0 Å². The van der Waals surface area contributed by atoms with E-state index < -0.39 is 5.97 Å². The highest BCUT2D eigenvalue weighted by Crippen LogP contribution is 2.20. The Labute approximate surface area is 123 Å². The van der Waals surface area contributed by atoms with Gasteiger partial charge in [-0.1, -0.05) is 0 Å². The number of ether oxygens (including phenoxy) is 2. The van der Waals surface area contributed by atoms with E-state index in [9.17, 15) is 4.79 Å². The van der Waals surface area contributed by atoms with Crippen LogP contribution in [0.3, 0.4) is 0 Å². The van der Waals surface area contributed by atoms with Crippen LogP contribution in [0.15, 0.2) is 0 Å². The molecule has 0 rings (SSSR count). The lowest BCUT2D eigenvalue weighted by molar-refractivity contribution is -0.883. The van der Waals surface area contributed by atoms with E-state index in [0.717, 1.165) is 19.4 Å². The van der Waals surface area contributed by atoms with Gasteiger partial charge in [0.2, 0.25) is 0 Å². The van der Waals surface area contributed by atoms with Crippen molar-refractivity contribution in [2.24, 2.45) is 0 Å². The molecule has 0 saturated heterocycles. The van der Waals surface area contributed by atoms with Crippen LogP contribution in [0.1, 0.15) is 40.5 Å². The highest BCUT2D eigenvalue weighted by atomic mass is 16.5. The first-order valence-electron chi connectivity index (χ1n) is 7.12. The topological polar surface area (TPSA) is 55.8 Å². The van der Waals surface area contributed by atoms with Crippen LogP contribution < -0.4 is 0 Å². The fraction of sp³-hybridized carbons (Fsp3) is 0.933. The number of nitrogens with zero attached hydrogens (tertiary/aromatic N) is 1. The fourth-order valence-electron chi connectivity index (χ4n) is 1.76. The molecule has 1 N–H and O–H groups in total. The van der Waals surface area contributed by atoms with Gasteiger partial charge in [-0.3, -0.25) is 0 Å². The van der Waals surface area contributed by atoms with E-state index in [2.05, 4.69) is 0 Å². The first-order chi connectivity index (χ1) is 8.89. The molecule has 0 atom stereocenters. The summed E-state index contributed by atoms with van der Waals surface area (Å²) in [5.41, 5.74) is -0.424. The Bertz CT molecular complexity index is 311. The lowest BCUT2D eigenvalue weighted by atomic mass is 10.0. The van der Waals surface area contributed by atoms with Gasteiger partial charge in [0.1, 0.15) is 0 Å². The Morgan fingerprint density at radius 2 is 1.65 bits per heavy atom. The summed E-state index contributed by atoms with van der Waals surface area (Å²) >= 11 is 0. The van der Waals surface area contributed by atoms with Crippen molar-refractivity contribution >= 4 is 5.97 Å². The Kier molecular flexibility index (Phi) is 7.14. The maximum Gasteiger partial charge on any atom is 0.359 e. The Balaban J connectivity index is 4.16. The summed E-state index contributed by atoms with van der Waals surface area (Å²) in [5, 5.41) is 8.88. The lowest BCUT2D eigenvalue weighted by Gasteiger charge is -2.33. The number of rotatable bonds is 10. The molecule has 0 amide bonds. The SMILES string of the molecule is COC(C)(C)CCOC(C)(C)CC[N+](C)(C)CC(=O)O. The van der Waals surface area contributed by atoms with Gasteiger partial charge in [-0.25, -0.2) is 4.79 Å². The zero-order valence-corrected chi connectivity index (χ0v) is 14.2. The van der Waals surface area contributed by atoms with Crippen LogP contribution in [-0.2, 0) is 14.3 Å². The van der Waals surface area contributed by atoms with Gasteiger partial charge in [-0.2, -0.15) is 0 Å².